The molecule has 3 aromatic rings. The third kappa shape index (κ3) is 1.86. The topological polar surface area (TPSA) is 112 Å². The van der Waals surface area contributed by atoms with Crippen LogP contribution >= 0.6 is 0 Å². The van der Waals surface area contributed by atoms with Crippen molar-refractivity contribution in [3.63, 3.8) is 0 Å². The van der Waals surface area contributed by atoms with Gasteiger partial charge in [0.25, 0.3) is 0 Å². The van der Waals surface area contributed by atoms with Crippen molar-refractivity contribution in [3.05, 3.63) is 47.5 Å². The maximum atomic E-state index is 12.1. The number of nitrogens with zero attached hydrogens (tertiary/aromatic N) is 2. The highest BCUT2D eigenvalue weighted by atomic mass is 16.4. The van der Waals surface area contributed by atoms with Gasteiger partial charge in [-0.05, 0) is 18.2 Å². The molecule has 0 unspecified atom stereocenters. The lowest BCUT2D eigenvalue weighted by Crippen LogP contribution is -2.01. The molecule has 0 amide bonds. The second kappa shape index (κ2) is 4.05. The van der Waals surface area contributed by atoms with E-state index in [0.717, 1.165) is 11.0 Å². The van der Waals surface area contributed by atoms with E-state index in [1.807, 2.05) is 0 Å². The van der Waals surface area contributed by atoms with Crippen LogP contribution in [0.3, 0.4) is 0 Å². The summed E-state index contributed by atoms with van der Waals surface area (Å²) in [5, 5.41) is 14.8. The number of hydrogen-bond acceptors (Lipinski definition) is 4. The van der Waals surface area contributed by atoms with E-state index in [-0.39, 0.29) is 17.2 Å². The third-order valence-corrected chi connectivity index (χ3v) is 2.72. The lowest BCUT2D eigenvalue weighted by Gasteiger charge is -1.97. The standard InChI is InChI=1S/C12H8N4O3/c17-11(9-4-10(12(18)19)16-15-9)6-1-2-7-8(3-6)14-5-13-7/h1-5H,(H,13,14)(H,15,16)(H,18,19). The van der Waals surface area contributed by atoms with Crippen molar-refractivity contribution in [3.8, 4) is 0 Å². The number of carbonyl (C=O) groups excluding carboxylic acids is 1. The molecule has 0 fully saturated rings. The summed E-state index contributed by atoms with van der Waals surface area (Å²) in [4.78, 5) is 29.8. The average Bonchev–Trinajstić information content (AvgIpc) is 3.06. The quantitative estimate of drug-likeness (QED) is 0.610. The number of nitrogens with one attached hydrogen (secondary N) is 2. The summed E-state index contributed by atoms with van der Waals surface area (Å²) in [7, 11) is 0. The molecule has 0 saturated heterocycles. The van der Waals surface area contributed by atoms with Crippen LogP contribution in [-0.2, 0) is 0 Å². The molecule has 7 nitrogen and oxygen atoms in total. The number of aromatic amines is 2. The Morgan fingerprint density at radius 1 is 1.21 bits per heavy atom. The van der Waals surface area contributed by atoms with Crippen molar-refractivity contribution in [1.29, 1.82) is 0 Å². The lowest BCUT2D eigenvalue weighted by molar-refractivity contribution is 0.0690. The summed E-state index contributed by atoms with van der Waals surface area (Å²) in [6.45, 7) is 0. The second-order valence-corrected chi connectivity index (χ2v) is 3.94. The number of carboxylic acids is 1. The molecule has 0 atom stereocenters. The van der Waals surface area contributed by atoms with E-state index >= 15 is 0 Å². The number of ketones is 1. The zero-order valence-corrected chi connectivity index (χ0v) is 9.54. The number of carbonyl (C=O) groups is 2. The SMILES string of the molecule is O=C(c1ccc2nc[nH]c2c1)c1cc(C(=O)O)[nH]n1. The van der Waals surface area contributed by atoms with E-state index in [0.29, 0.717) is 5.56 Å². The number of aromatic nitrogens is 4. The van der Waals surface area contributed by atoms with E-state index in [1.54, 1.807) is 18.2 Å². The number of hydrogen-bond donors (Lipinski definition) is 3. The first-order valence-electron chi connectivity index (χ1n) is 5.41. The van der Waals surface area contributed by atoms with Crippen LogP contribution in [-0.4, -0.2) is 37.0 Å². The molecule has 94 valence electrons. The van der Waals surface area contributed by atoms with Gasteiger partial charge < -0.3 is 10.1 Å². The molecule has 0 aliphatic heterocycles. The smallest absolute Gasteiger partial charge is 0.353 e. The van der Waals surface area contributed by atoms with Crippen molar-refractivity contribution >= 4 is 22.8 Å². The molecule has 0 bridgehead atoms. The Morgan fingerprint density at radius 2 is 2.05 bits per heavy atom. The molecule has 3 rings (SSSR count). The highest BCUT2D eigenvalue weighted by Gasteiger charge is 2.16. The summed E-state index contributed by atoms with van der Waals surface area (Å²) >= 11 is 0. The van der Waals surface area contributed by atoms with Gasteiger partial charge in [0, 0.05) is 11.6 Å². The van der Waals surface area contributed by atoms with E-state index in [9.17, 15) is 9.59 Å². The van der Waals surface area contributed by atoms with Crippen molar-refractivity contribution in [1.82, 2.24) is 20.2 Å². The van der Waals surface area contributed by atoms with Crippen molar-refractivity contribution in [2.24, 2.45) is 0 Å². The number of carboxylic acid groups (broad SMARTS) is 1. The number of aromatic carboxylic acids is 1. The van der Waals surface area contributed by atoms with Gasteiger partial charge in [-0.3, -0.25) is 9.89 Å². The maximum absolute atomic E-state index is 12.1. The van der Waals surface area contributed by atoms with Crippen molar-refractivity contribution in [2.75, 3.05) is 0 Å². The van der Waals surface area contributed by atoms with Gasteiger partial charge in [-0.25, -0.2) is 9.78 Å². The van der Waals surface area contributed by atoms with E-state index < -0.39 is 5.97 Å². The van der Waals surface area contributed by atoms with Gasteiger partial charge in [0.1, 0.15) is 11.4 Å². The third-order valence-electron chi connectivity index (χ3n) is 2.72. The van der Waals surface area contributed by atoms with E-state index in [2.05, 4.69) is 20.2 Å². The van der Waals surface area contributed by atoms with Gasteiger partial charge in [0.2, 0.25) is 5.78 Å². The number of imidazole rings is 1. The summed E-state index contributed by atoms with van der Waals surface area (Å²) in [5.74, 6) is -1.50. The Labute approximate surface area is 106 Å². The zero-order valence-electron chi connectivity index (χ0n) is 9.54. The first kappa shape index (κ1) is 11.1. The summed E-state index contributed by atoms with van der Waals surface area (Å²) in [6.07, 6.45) is 1.54. The van der Waals surface area contributed by atoms with E-state index in [4.69, 9.17) is 5.11 Å². The first-order chi connectivity index (χ1) is 9.15. The number of fused-ring (bicyclic) bond motifs is 1. The summed E-state index contributed by atoms with van der Waals surface area (Å²) < 4.78 is 0. The van der Waals surface area contributed by atoms with Gasteiger partial charge in [-0.15, -0.1) is 0 Å². The highest BCUT2D eigenvalue weighted by molar-refractivity contribution is 6.09. The molecule has 19 heavy (non-hydrogen) atoms. The predicted octanol–water partition coefficient (Wildman–Crippen LogP) is 1.22. The molecule has 0 saturated carbocycles. The molecule has 0 aliphatic carbocycles. The predicted molar refractivity (Wildman–Crippen MR) is 65.1 cm³/mol. The van der Waals surface area contributed by atoms with Gasteiger partial charge >= 0.3 is 5.97 Å². The lowest BCUT2D eigenvalue weighted by atomic mass is 10.1. The molecule has 1 aromatic carbocycles. The minimum Gasteiger partial charge on any atom is -0.477 e. The molecule has 3 N–H and O–H groups in total. The van der Waals surface area contributed by atoms with Crippen LogP contribution in [0.4, 0.5) is 0 Å². The zero-order chi connectivity index (χ0) is 13.4. The molecule has 2 heterocycles. The molecule has 0 spiro atoms. The van der Waals surface area contributed by atoms with Gasteiger partial charge in [-0.1, -0.05) is 0 Å². The van der Waals surface area contributed by atoms with Crippen LogP contribution in [0.5, 0.6) is 0 Å². The Morgan fingerprint density at radius 3 is 2.79 bits per heavy atom. The minimum absolute atomic E-state index is 0.0660. The number of H-pyrrole nitrogens is 2. The fourth-order valence-electron chi connectivity index (χ4n) is 1.77. The van der Waals surface area contributed by atoms with Gasteiger partial charge in [-0.2, -0.15) is 5.10 Å². The van der Waals surface area contributed by atoms with Crippen LogP contribution in [0, 0.1) is 0 Å². The number of benzene rings is 1. The van der Waals surface area contributed by atoms with Crippen LogP contribution < -0.4 is 0 Å². The Kier molecular flexibility index (Phi) is 2.38. The normalized spacial score (nSPS) is 10.7. The Balaban J connectivity index is 1.99. The first-order valence-corrected chi connectivity index (χ1v) is 5.41. The molecule has 2 aromatic heterocycles. The monoisotopic (exact) mass is 256 g/mol. The van der Waals surface area contributed by atoms with Crippen molar-refractivity contribution < 1.29 is 14.7 Å². The van der Waals surface area contributed by atoms with Crippen LogP contribution in [0.2, 0.25) is 0 Å². The summed E-state index contributed by atoms with van der Waals surface area (Å²) in [6, 6.07) is 6.20. The summed E-state index contributed by atoms with van der Waals surface area (Å²) in [5.41, 5.74) is 1.85. The molecule has 7 heteroatoms. The van der Waals surface area contributed by atoms with E-state index in [1.165, 1.54) is 12.4 Å². The largest absolute Gasteiger partial charge is 0.477 e. The van der Waals surface area contributed by atoms with Gasteiger partial charge in [0.15, 0.2) is 0 Å². The average molecular weight is 256 g/mol. The Bertz CT molecular complexity index is 787. The molecule has 0 aliphatic rings. The minimum atomic E-state index is -1.16. The highest BCUT2D eigenvalue weighted by Crippen LogP contribution is 2.15. The molecular formula is C12H8N4O3. The fraction of sp³-hybridized carbons (Fsp3) is 0. The number of rotatable bonds is 3. The van der Waals surface area contributed by atoms with Crippen molar-refractivity contribution in [2.45, 2.75) is 0 Å². The maximum Gasteiger partial charge on any atom is 0.353 e. The molecule has 0 radical (unpaired) electrons. The molecular weight excluding hydrogens is 248 g/mol. The Hall–Kier alpha value is -2.96. The van der Waals surface area contributed by atoms with Crippen LogP contribution in [0.1, 0.15) is 26.5 Å². The van der Waals surface area contributed by atoms with Crippen LogP contribution in [0.25, 0.3) is 11.0 Å². The van der Waals surface area contributed by atoms with Gasteiger partial charge in [0.05, 0.1) is 17.4 Å². The second-order valence-electron chi connectivity index (χ2n) is 3.94. The van der Waals surface area contributed by atoms with Crippen LogP contribution in [0.15, 0.2) is 30.6 Å². The fourth-order valence-corrected chi connectivity index (χ4v) is 1.77.